The average Bonchev–Trinajstić information content (AvgIpc) is 3.06. The maximum atomic E-state index is 11.8. The lowest BCUT2D eigenvalue weighted by Crippen LogP contribution is -2.28. The molecule has 0 aromatic heterocycles. The molecule has 3 nitrogen and oxygen atoms in total. The molecule has 0 spiro atoms. The normalized spacial score (nSPS) is 16.6. The van der Waals surface area contributed by atoms with E-state index in [2.05, 4.69) is 21.2 Å². The number of nitrogens with one attached hydrogen (secondary N) is 1. The van der Waals surface area contributed by atoms with Gasteiger partial charge in [-0.25, -0.2) is 0 Å². The van der Waals surface area contributed by atoms with Crippen LogP contribution in [0.1, 0.15) is 24.8 Å². The molecular weight excluding hydrogens is 280 g/mol. The fraction of sp³-hybridized carbons (Fsp3) is 0.462. The zero-order chi connectivity index (χ0) is 12.4. The van der Waals surface area contributed by atoms with Gasteiger partial charge in [-0.2, -0.15) is 0 Å². The Bertz CT molecular complexity index is 429. The Morgan fingerprint density at radius 1 is 1.59 bits per heavy atom. The van der Waals surface area contributed by atoms with Gasteiger partial charge in [0.05, 0.1) is 5.69 Å². The highest BCUT2D eigenvalue weighted by molar-refractivity contribution is 9.10. The van der Waals surface area contributed by atoms with Crippen LogP contribution in [0.2, 0.25) is 0 Å². The largest absolute Gasteiger partial charge is 0.327 e. The number of carbonyl (C=O) groups excluding carboxylic acids is 1. The Morgan fingerprint density at radius 2 is 2.29 bits per heavy atom. The number of rotatable bonds is 4. The Kier molecular flexibility index (Phi) is 3.84. The highest BCUT2D eigenvalue weighted by Crippen LogP contribution is 2.33. The van der Waals surface area contributed by atoms with E-state index in [0.29, 0.717) is 12.3 Å². The third-order valence-electron chi connectivity index (χ3n) is 3.04. The molecule has 17 heavy (non-hydrogen) atoms. The van der Waals surface area contributed by atoms with E-state index in [1.165, 1.54) is 12.8 Å². The predicted octanol–water partition coefficient (Wildman–Crippen LogP) is 2.82. The molecule has 1 aliphatic carbocycles. The summed E-state index contributed by atoms with van der Waals surface area (Å²) < 4.78 is 0.899. The molecule has 1 fully saturated rings. The predicted molar refractivity (Wildman–Crippen MR) is 72.8 cm³/mol. The van der Waals surface area contributed by atoms with E-state index in [1.807, 2.05) is 25.1 Å². The first-order valence-electron chi connectivity index (χ1n) is 5.88. The van der Waals surface area contributed by atoms with E-state index in [1.54, 1.807) is 0 Å². The fourth-order valence-electron chi connectivity index (χ4n) is 1.84. The van der Waals surface area contributed by atoms with E-state index >= 15 is 0 Å². The summed E-state index contributed by atoms with van der Waals surface area (Å²) in [6.07, 6.45) is 2.75. The van der Waals surface area contributed by atoms with Crippen LogP contribution in [-0.2, 0) is 4.79 Å². The monoisotopic (exact) mass is 296 g/mol. The molecule has 1 aromatic carbocycles. The maximum absolute atomic E-state index is 11.8. The number of hydrogen-bond donors (Lipinski definition) is 2. The van der Waals surface area contributed by atoms with Crippen LogP contribution in [0.5, 0.6) is 0 Å². The lowest BCUT2D eigenvalue weighted by Gasteiger charge is -2.12. The molecule has 0 radical (unpaired) electrons. The van der Waals surface area contributed by atoms with Gasteiger partial charge >= 0.3 is 0 Å². The highest BCUT2D eigenvalue weighted by atomic mass is 79.9. The number of benzene rings is 1. The first-order valence-corrected chi connectivity index (χ1v) is 6.67. The van der Waals surface area contributed by atoms with Gasteiger partial charge in [0.15, 0.2) is 0 Å². The molecule has 0 bridgehead atoms. The Hall–Kier alpha value is -0.870. The summed E-state index contributed by atoms with van der Waals surface area (Å²) in [4.78, 5) is 11.8. The molecule has 1 unspecified atom stereocenters. The summed E-state index contributed by atoms with van der Waals surface area (Å²) in [6, 6.07) is 5.89. The molecule has 4 heteroatoms. The maximum Gasteiger partial charge on any atom is 0.225 e. The third kappa shape index (κ3) is 3.54. The summed E-state index contributed by atoms with van der Waals surface area (Å²) in [5, 5.41) is 2.90. The number of nitrogens with two attached hydrogens (primary N) is 1. The van der Waals surface area contributed by atoms with Crippen molar-refractivity contribution in [3.05, 3.63) is 28.2 Å². The van der Waals surface area contributed by atoms with Crippen LogP contribution < -0.4 is 11.1 Å². The summed E-state index contributed by atoms with van der Waals surface area (Å²) in [7, 11) is 0. The number of anilines is 1. The van der Waals surface area contributed by atoms with Gasteiger partial charge < -0.3 is 11.1 Å². The quantitative estimate of drug-likeness (QED) is 0.898. The van der Waals surface area contributed by atoms with E-state index in [-0.39, 0.29) is 11.9 Å². The molecule has 0 heterocycles. The van der Waals surface area contributed by atoms with Crippen molar-refractivity contribution in [3.63, 3.8) is 0 Å². The van der Waals surface area contributed by atoms with Crippen molar-refractivity contribution in [2.75, 3.05) is 5.32 Å². The molecule has 1 aromatic rings. The zero-order valence-electron chi connectivity index (χ0n) is 9.87. The third-order valence-corrected chi connectivity index (χ3v) is 3.74. The molecule has 1 amide bonds. The van der Waals surface area contributed by atoms with Crippen molar-refractivity contribution in [1.82, 2.24) is 0 Å². The number of hydrogen-bond acceptors (Lipinski definition) is 2. The van der Waals surface area contributed by atoms with Gasteiger partial charge in [0.1, 0.15) is 0 Å². The number of halogens is 1. The molecule has 0 saturated heterocycles. The van der Waals surface area contributed by atoms with Crippen LogP contribution in [-0.4, -0.2) is 11.9 Å². The molecule has 92 valence electrons. The van der Waals surface area contributed by atoms with Crippen LogP contribution in [0.15, 0.2) is 22.7 Å². The number of carbonyl (C=O) groups is 1. The van der Waals surface area contributed by atoms with Gasteiger partial charge in [-0.05, 0) is 59.3 Å². The van der Waals surface area contributed by atoms with Gasteiger partial charge in [0.25, 0.3) is 0 Å². The van der Waals surface area contributed by atoms with E-state index in [9.17, 15) is 4.79 Å². The lowest BCUT2D eigenvalue weighted by molar-refractivity contribution is -0.116. The molecule has 3 N–H and O–H groups in total. The van der Waals surface area contributed by atoms with Crippen molar-refractivity contribution < 1.29 is 4.79 Å². The minimum Gasteiger partial charge on any atom is -0.327 e. The minimum atomic E-state index is -0.00398. The SMILES string of the molecule is Cc1ccc(Br)c(NC(=O)CC(N)C2CC2)c1. The van der Waals surface area contributed by atoms with Crippen LogP contribution in [0.25, 0.3) is 0 Å². The van der Waals surface area contributed by atoms with Crippen molar-refractivity contribution in [3.8, 4) is 0 Å². The zero-order valence-corrected chi connectivity index (χ0v) is 11.5. The molecule has 1 atom stereocenters. The second-order valence-electron chi connectivity index (χ2n) is 4.74. The standard InChI is InChI=1S/C13H17BrN2O/c1-8-2-5-10(14)12(6-8)16-13(17)7-11(15)9-3-4-9/h2,5-6,9,11H,3-4,7,15H2,1H3,(H,16,17). The molecule has 1 saturated carbocycles. The number of aryl methyl sites for hydroxylation is 1. The van der Waals surface area contributed by atoms with E-state index in [0.717, 1.165) is 15.7 Å². The summed E-state index contributed by atoms with van der Waals surface area (Å²) in [5.41, 5.74) is 7.87. The van der Waals surface area contributed by atoms with Gasteiger partial charge in [0.2, 0.25) is 5.91 Å². The van der Waals surface area contributed by atoms with Crippen LogP contribution >= 0.6 is 15.9 Å². The highest BCUT2D eigenvalue weighted by Gasteiger charge is 2.29. The Morgan fingerprint density at radius 3 is 2.94 bits per heavy atom. The first kappa shape index (κ1) is 12.6. The number of amides is 1. The van der Waals surface area contributed by atoms with Crippen LogP contribution in [0.4, 0.5) is 5.69 Å². The fourth-order valence-corrected chi connectivity index (χ4v) is 2.19. The van der Waals surface area contributed by atoms with Crippen molar-refractivity contribution in [2.45, 2.75) is 32.2 Å². The van der Waals surface area contributed by atoms with Crippen molar-refractivity contribution in [2.24, 2.45) is 11.7 Å². The van der Waals surface area contributed by atoms with E-state index < -0.39 is 0 Å². The second kappa shape index (κ2) is 5.19. The van der Waals surface area contributed by atoms with Gasteiger partial charge in [-0.3, -0.25) is 4.79 Å². The molecule has 1 aliphatic rings. The smallest absolute Gasteiger partial charge is 0.225 e. The van der Waals surface area contributed by atoms with Gasteiger partial charge in [-0.15, -0.1) is 0 Å². The Balaban J connectivity index is 1.94. The summed E-state index contributed by atoms with van der Waals surface area (Å²) in [5.74, 6) is 0.553. The second-order valence-corrected chi connectivity index (χ2v) is 5.59. The lowest BCUT2D eigenvalue weighted by atomic mass is 10.1. The summed E-state index contributed by atoms with van der Waals surface area (Å²) >= 11 is 3.42. The molecule has 2 rings (SSSR count). The molecular formula is C13H17BrN2O. The molecule has 0 aliphatic heterocycles. The van der Waals surface area contributed by atoms with E-state index in [4.69, 9.17) is 5.73 Å². The summed E-state index contributed by atoms with van der Waals surface area (Å²) in [6.45, 7) is 2.00. The van der Waals surface area contributed by atoms with Gasteiger partial charge in [-0.1, -0.05) is 6.07 Å². The first-order chi connectivity index (χ1) is 8.06. The van der Waals surface area contributed by atoms with Crippen molar-refractivity contribution >= 4 is 27.5 Å². The average molecular weight is 297 g/mol. The topological polar surface area (TPSA) is 55.1 Å². The van der Waals surface area contributed by atoms with Crippen molar-refractivity contribution in [1.29, 1.82) is 0 Å². The van der Waals surface area contributed by atoms with Crippen LogP contribution in [0.3, 0.4) is 0 Å². The van der Waals surface area contributed by atoms with Crippen LogP contribution in [0, 0.1) is 12.8 Å². The Labute approximate surface area is 110 Å². The minimum absolute atomic E-state index is 0.00398. The van der Waals surface area contributed by atoms with Gasteiger partial charge in [0, 0.05) is 16.9 Å².